The number of hydrogen-bond acceptors (Lipinski definition) is 4. The van der Waals surface area contributed by atoms with Gasteiger partial charge in [-0.25, -0.2) is 0 Å². The molecule has 0 spiro atoms. The van der Waals surface area contributed by atoms with E-state index in [-0.39, 0.29) is 0 Å². The Hall–Kier alpha value is -2.12. The molecule has 0 saturated heterocycles. The maximum Gasteiger partial charge on any atom is 0.418 e. The fraction of sp³-hybridized carbons (Fsp3) is 0.562. The van der Waals surface area contributed by atoms with Gasteiger partial charge in [0.1, 0.15) is 5.69 Å². The molecule has 1 heterocycles. The highest BCUT2D eigenvalue weighted by molar-refractivity contribution is 5.94. The molecule has 1 amide bonds. The van der Waals surface area contributed by atoms with Crippen molar-refractivity contribution >= 4 is 11.9 Å². The van der Waals surface area contributed by atoms with Gasteiger partial charge in [-0.3, -0.25) is 14.6 Å². The fourth-order valence-corrected chi connectivity index (χ4v) is 2.97. The number of carbonyl (C=O) groups is 2. The Balaban J connectivity index is 2.23. The summed E-state index contributed by atoms with van der Waals surface area (Å²) in [5.74, 6) is -1.94. The van der Waals surface area contributed by atoms with Crippen molar-refractivity contribution < 1.29 is 27.5 Å². The fourth-order valence-electron chi connectivity index (χ4n) is 2.97. The molecule has 0 bridgehead atoms. The predicted octanol–water partition coefficient (Wildman–Crippen LogP) is 2.95. The zero-order valence-electron chi connectivity index (χ0n) is 13.2. The predicted molar refractivity (Wildman–Crippen MR) is 79.1 cm³/mol. The molecule has 1 saturated carbocycles. The number of aromatic nitrogens is 1. The number of pyridine rings is 1. The molecule has 132 valence electrons. The Bertz CT molecular complexity index is 604. The van der Waals surface area contributed by atoms with Gasteiger partial charge in [0.15, 0.2) is 0 Å². The second-order valence-electron chi connectivity index (χ2n) is 5.74. The van der Waals surface area contributed by atoms with Crippen molar-refractivity contribution in [3.63, 3.8) is 0 Å². The van der Waals surface area contributed by atoms with Crippen LogP contribution in [0.3, 0.4) is 0 Å². The molecule has 2 rings (SSSR count). The van der Waals surface area contributed by atoms with Crippen molar-refractivity contribution in [2.45, 2.75) is 44.3 Å². The lowest BCUT2D eigenvalue weighted by Crippen LogP contribution is -2.44. The van der Waals surface area contributed by atoms with Crippen molar-refractivity contribution in [2.75, 3.05) is 7.11 Å². The number of halogens is 3. The second-order valence-corrected chi connectivity index (χ2v) is 5.74. The summed E-state index contributed by atoms with van der Waals surface area (Å²) in [4.78, 5) is 27.8. The highest BCUT2D eigenvalue weighted by Gasteiger charge is 2.37. The maximum absolute atomic E-state index is 13.0. The summed E-state index contributed by atoms with van der Waals surface area (Å²) in [7, 11) is 1.26. The van der Waals surface area contributed by atoms with Crippen LogP contribution < -0.4 is 5.32 Å². The van der Waals surface area contributed by atoms with Gasteiger partial charge in [-0.05, 0) is 25.0 Å². The molecule has 0 radical (unpaired) electrons. The van der Waals surface area contributed by atoms with Crippen molar-refractivity contribution in [1.29, 1.82) is 0 Å². The lowest BCUT2D eigenvalue weighted by molar-refractivity contribution is -0.146. The molecule has 1 N–H and O–H groups in total. The quantitative estimate of drug-likeness (QED) is 0.676. The number of rotatable bonds is 3. The molecule has 0 unspecified atom stereocenters. The highest BCUT2D eigenvalue weighted by Crippen LogP contribution is 2.31. The number of nitrogens with zero attached hydrogens (tertiary/aromatic N) is 1. The lowest BCUT2D eigenvalue weighted by atomic mass is 9.94. The molecule has 1 aliphatic carbocycles. The smallest absolute Gasteiger partial charge is 0.418 e. The molecule has 0 aromatic carbocycles. The van der Waals surface area contributed by atoms with Crippen LogP contribution in [0.2, 0.25) is 0 Å². The first-order chi connectivity index (χ1) is 11.3. The van der Waals surface area contributed by atoms with E-state index in [2.05, 4.69) is 10.3 Å². The van der Waals surface area contributed by atoms with Crippen LogP contribution in [0.4, 0.5) is 13.2 Å². The van der Waals surface area contributed by atoms with Crippen LogP contribution in [0.15, 0.2) is 18.3 Å². The van der Waals surface area contributed by atoms with Crippen molar-refractivity contribution in [3.8, 4) is 0 Å². The first kappa shape index (κ1) is 18.2. The van der Waals surface area contributed by atoms with E-state index in [1.807, 2.05) is 0 Å². The Morgan fingerprint density at radius 1 is 1.25 bits per heavy atom. The topological polar surface area (TPSA) is 68.3 Å². The summed E-state index contributed by atoms with van der Waals surface area (Å²) < 4.78 is 43.8. The van der Waals surface area contributed by atoms with Gasteiger partial charge in [0.25, 0.3) is 5.91 Å². The Kier molecular flexibility index (Phi) is 5.80. The van der Waals surface area contributed by atoms with Crippen LogP contribution in [-0.2, 0) is 15.7 Å². The molecule has 5 nitrogen and oxygen atoms in total. The first-order valence-electron chi connectivity index (χ1n) is 7.75. The third-order valence-corrected chi connectivity index (χ3v) is 4.16. The number of esters is 1. The zero-order chi connectivity index (χ0) is 17.7. The van der Waals surface area contributed by atoms with Crippen LogP contribution >= 0.6 is 0 Å². The summed E-state index contributed by atoms with van der Waals surface area (Å²) in [6, 6.07) is 1.38. The van der Waals surface area contributed by atoms with Gasteiger partial charge in [-0.2, -0.15) is 13.2 Å². The van der Waals surface area contributed by atoms with Gasteiger partial charge in [0, 0.05) is 12.2 Å². The third kappa shape index (κ3) is 4.24. The SMILES string of the molecule is COC(=O)[C@@H]1CCCCC[C@@H]1NC(=O)c1ncccc1C(F)(F)F. The number of methoxy groups -OCH3 is 1. The van der Waals surface area contributed by atoms with Gasteiger partial charge >= 0.3 is 12.1 Å². The molecule has 0 aliphatic heterocycles. The average Bonchev–Trinajstić information content (AvgIpc) is 2.78. The summed E-state index contributed by atoms with van der Waals surface area (Å²) in [6.45, 7) is 0. The first-order valence-corrected chi connectivity index (χ1v) is 7.75. The Morgan fingerprint density at radius 3 is 2.62 bits per heavy atom. The molecule has 1 aromatic rings. The molecule has 24 heavy (non-hydrogen) atoms. The minimum absolute atomic E-state index is 0.459. The second kappa shape index (κ2) is 7.63. The lowest BCUT2D eigenvalue weighted by Gasteiger charge is -2.24. The summed E-state index contributed by atoms with van der Waals surface area (Å²) >= 11 is 0. The van der Waals surface area contributed by atoms with Crippen LogP contribution in [0.1, 0.15) is 48.2 Å². The van der Waals surface area contributed by atoms with E-state index >= 15 is 0 Å². The van der Waals surface area contributed by atoms with Crippen molar-refractivity contribution in [1.82, 2.24) is 10.3 Å². The number of hydrogen-bond donors (Lipinski definition) is 1. The molecular weight excluding hydrogens is 325 g/mol. The largest absolute Gasteiger partial charge is 0.469 e. The van der Waals surface area contributed by atoms with E-state index in [9.17, 15) is 22.8 Å². The minimum Gasteiger partial charge on any atom is -0.469 e. The van der Waals surface area contributed by atoms with Gasteiger partial charge in [-0.1, -0.05) is 19.3 Å². The molecule has 1 fully saturated rings. The van der Waals surface area contributed by atoms with E-state index in [0.29, 0.717) is 12.8 Å². The van der Waals surface area contributed by atoms with Crippen LogP contribution in [-0.4, -0.2) is 30.0 Å². The molecular formula is C16H19F3N2O3. The summed E-state index contributed by atoms with van der Waals surface area (Å²) in [6.07, 6.45) is 0.000393. The number of amides is 1. The number of alkyl halides is 3. The van der Waals surface area contributed by atoms with E-state index < -0.39 is 41.3 Å². The number of nitrogens with one attached hydrogen (secondary N) is 1. The van der Waals surface area contributed by atoms with Crippen LogP contribution in [0, 0.1) is 5.92 Å². The third-order valence-electron chi connectivity index (χ3n) is 4.16. The molecule has 1 aliphatic rings. The van der Waals surface area contributed by atoms with Gasteiger partial charge in [-0.15, -0.1) is 0 Å². The standard InChI is InChI=1S/C16H19F3N2O3/c1-24-15(23)10-6-3-2-4-8-12(10)21-14(22)13-11(16(17,18)19)7-5-9-20-13/h5,7,9-10,12H,2-4,6,8H2,1H3,(H,21,22)/t10-,12+/m1/s1. The van der Waals surface area contributed by atoms with Gasteiger partial charge in [0.05, 0.1) is 18.6 Å². The molecule has 8 heteroatoms. The molecule has 1 aromatic heterocycles. The van der Waals surface area contributed by atoms with Crippen LogP contribution in [0.5, 0.6) is 0 Å². The minimum atomic E-state index is -4.67. The van der Waals surface area contributed by atoms with Crippen molar-refractivity contribution in [2.24, 2.45) is 5.92 Å². The summed E-state index contributed by atoms with van der Waals surface area (Å²) in [5.41, 5.74) is -1.77. The monoisotopic (exact) mass is 344 g/mol. The zero-order valence-corrected chi connectivity index (χ0v) is 13.2. The Morgan fingerprint density at radius 2 is 1.96 bits per heavy atom. The van der Waals surface area contributed by atoms with Crippen molar-refractivity contribution in [3.05, 3.63) is 29.6 Å². The summed E-state index contributed by atoms with van der Waals surface area (Å²) in [5, 5.41) is 2.55. The van der Waals surface area contributed by atoms with E-state index in [1.165, 1.54) is 7.11 Å². The maximum atomic E-state index is 13.0. The Labute approximate surface area is 137 Å². The van der Waals surface area contributed by atoms with E-state index in [0.717, 1.165) is 37.6 Å². The highest BCUT2D eigenvalue weighted by atomic mass is 19.4. The normalized spacial score (nSPS) is 21.7. The number of ether oxygens (including phenoxy) is 1. The van der Waals surface area contributed by atoms with Crippen LogP contribution in [0.25, 0.3) is 0 Å². The number of carbonyl (C=O) groups excluding carboxylic acids is 2. The van der Waals surface area contributed by atoms with E-state index in [4.69, 9.17) is 4.74 Å². The van der Waals surface area contributed by atoms with E-state index in [1.54, 1.807) is 0 Å². The molecule has 2 atom stereocenters. The average molecular weight is 344 g/mol. The van der Waals surface area contributed by atoms with Gasteiger partial charge < -0.3 is 10.1 Å². The van der Waals surface area contributed by atoms with Gasteiger partial charge in [0.2, 0.25) is 0 Å².